The van der Waals surface area contributed by atoms with Crippen molar-refractivity contribution in [3.8, 4) is 11.6 Å². The summed E-state index contributed by atoms with van der Waals surface area (Å²) in [4.78, 5) is 4.21. The highest BCUT2D eigenvalue weighted by atomic mass is 16.5. The molecular weight excluding hydrogens is 252 g/mol. The van der Waals surface area contributed by atoms with Gasteiger partial charge in [-0.25, -0.2) is 4.98 Å². The van der Waals surface area contributed by atoms with Crippen LogP contribution in [-0.2, 0) is 6.54 Å². The molecule has 0 aliphatic carbocycles. The highest BCUT2D eigenvalue weighted by Gasteiger charge is 2.06. The van der Waals surface area contributed by atoms with Gasteiger partial charge in [0.05, 0.1) is 12.3 Å². The number of aromatic nitrogens is 1. The van der Waals surface area contributed by atoms with E-state index in [1.54, 1.807) is 6.20 Å². The molecule has 0 fully saturated rings. The summed E-state index contributed by atoms with van der Waals surface area (Å²) in [5.74, 6) is 0.979. The second-order valence-electron chi connectivity index (χ2n) is 4.72. The van der Waals surface area contributed by atoms with Crippen LogP contribution in [0.15, 0.2) is 30.5 Å². The first-order valence-electron chi connectivity index (χ1n) is 6.72. The van der Waals surface area contributed by atoms with Crippen molar-refractivity contribution in [2.75, 3.05) is 11.9 Å². The molecule has 2 N–H and O–H groups in total. The lowest BCUT2D eigenvalue weighted by atomic mass is 10.1. The molecule has 0 bridgehead atoms. The molecule has 0 unspecified atom stereocenters. The number of hydrogen-bond acceptors (Lipinski definition) is 4. The van der Waals surface area contributed by atoms with E-state index in [0.29, 0.717) is 24.8 Å². The maximum atomic E-state index is 9.78. The summed E-state index contributed by atoms with van der Waals surface area (Å²) >= 11 is 0. The molecule has 20 heavy (non-hydrogen) atoms. The third-order valence-corrected chi connectivity index (χ3v) is 3.09. The van der Waals surface area contributed by atoms with Crippen molar-refractivity contribution in [1.29, 1.82) is 0 Å². The topological polar surface area (TPSA) is 54.4 Å². The molecule has 4 nitrogen and oxygen atoms in total. The molecule has 0 aliphatic rings. The monoisotopic (exact) mass is 272 g/mol. The zero-order valence-electron chi connectivity index (χ0n) is 12.1. The van der Waals surface area contributed by atoms with Gasteiger partial charge in [-0.05, 0) is 49.6 Å². The van der Waals surface area contributed by atoms with E-state index in [4.69, 9.17) is 4.74 Å². The van der Waals surface area contributed by atoms with Gasteiger partial charge in [0.2, 0.25) is 5.88 Å². The smallest absolute Gasteiger partial charge is 0.237 e. The van der Waals surface area contributed by atoms with E-state index in [-0.39, 0.29) is 0 Å². The highest BCUT2D eigenvalue weighted by molar-refractivity contribution is 5.53. The van der Waals surface area contributed by atoms with Gasteiger partial charge in [0, 0.05) is 12.7 Å². The Labute approximate surface area is 119 Å². The van der Waals surface area contributed by atoms with Crippen LogP contribution in [0.4, 0.5) is 5.69 Å². The average Bonchev–Trinajstić information content (AvgIpc) is 2.44. The molecule has 1 aromatic carbocycles. The molecule has 0 saturated carbocycles. The first kappa shape index (κ1) is 14.2. The summed E-state index contributed by atoms with van der Waals surface area (Å²) in [7, 11) is 0. The van der Waals surface area contributed by atoms with Crippen molar-refractivity contribution >= 4 is 5.69 Å². The standard InChI is InChI=1S/C16H20N2O2/c1-4-20-16-14(6-5-7-17-16)18-10-13-8-11(2)15(19)12(3)9-13/h5-9,18-19H,4,10H2,1-3H3. The van der Waals surface area contributed by atoms with Gasteiger partial charge < -0.3 is 15.2 Å². The molecular formula is C16H20N2O2. The van der Waals surface area contributed by atoms with Crippen LogP contribution >= 0.6 is 0 Å². The van der Waals surface area contributed by atoms with Gasteiger partial charge in [-0.1, -0.05) is 12.1 Å². The predicted molar refractivity (Wildman–Crippen MR) is 80.3 cm³/mol. The summed E-state index contributed by atoms with van der Waals surface area (Å²) < 4.78 is 5.48. The number of nitrogens with one attached hydrogen (secondary N) is 1. The van der Waals surface area contributed by atoms with Crippen LogP contribution in [0.5, 0.6) is 11.6 Å². The number of ether oxygens (including phenoxy) is 1. The SMILES string of the molecule is CCOc1ncccc1NCc1cc(C)c(O)c(C)c1. The normalized spacial score (nSPS) is 10.3. The average molecular weight is 272 g/mol. The van der Waals surface area contributed by atoms with Crippen LogP contribution < -0.4 is 10.1 Å². The van der Waals surface area contributed by atoms with E-state index in [2.05, 4.69) is 10.3 Å². The Morgan fingerprint density at radius 1 is 1.25 bits per heavy atom. The number of benzene rings is 1. The zero-order chi connectivity index (χ0) is 14.5. The van der Waals surface area contributed by atoms with E-state index in [9.17, 15) is 5.11 Å². The number of aryl methyl sites for hydroxylation is 2. The number of aromatic hydroxyl groups is 1. The predicted octanol–water partition coefficient (Wildman–Crippen LogP) is 3.41. The van der Waals surface area contributed by atoms with Crippen LogP contribution in [0.25, 0.3) is 0 Å². The van der Waals surface area contributed by atoms with Gasteiger partial charge >= 0.3 is 0 Å². The molecule has 2 rings (SSSR count). The number of pyridine rings is 1. The quantitative estimate of drug-likeness (QED) is 0.875. The van der Waals surface area contributed by atoms with E-state index < -0.39 is 0 Å². The Hall–Kier alpha value is -2.23. The number of hydrogen-bond donors (Lipinski definition) is 2. The highest BCUT2D eigenvalue weighted by Crippen LogP contribution is 2.25. The Morgan fingerprint density at radius 2 is 1.95 bits per heavy atom. The van der Waals surface area contributed by atoms with Gasteiger partial charge in [-0.2, -0.15) is 0 Å². The Bertz CT molecular complexity index is 574. The fourth-order valence-electron chi connectivity index (χ4n) is 2.12. The van der Waals surface area contributed by atoms with E-state index >= 15 is 0 Å². The first-order chi connectivity index (χ1) is 9.61. The van der Waals surface area contributed by atoms with Crippen LogP contribution in [0, 0.1) is 13.8 Å². The van der Waals surface area contributed by atoms with E-state index in [0.717, 1.165) is 22.4 Å². The maximum Gasteiger partial charge on any atom is 0.237 e. The third-order valence-electron chi connectivity index (χ3n) is 3.09. The molecule has 1 aromatic heterocycles. The van der Waals surface area contributed by atoms with Crippen molar-refractivity contribution in [1.82, 2.24) is 4.98 Å². The molecule has 0 spiro atoms. The lowest BCUT2D eigenvalue weighted by Gasteiger charge is -2.12. The summed E-state index contributed by atoms with van der Waals surface area (Å²) in [5, 5.41) is 13.1. The number of anilines is 1. The Kier molecular flexibility index (Phi) is 4.45. The molecule has 2 aromatic rings. The Balaban J connectivity index is 2.13. The van der Waals surface area contributed by atoms with Gasteiger partial charge in [-0.15, -0.1) is 0 Å². The molecule has 0 radical (unpaired) electrons. The summed E-state index contributed by atoms with van der Waals surface area (Å²) in [6.07, 6.45) is 1.71. The van der Waals surface area contributed by atoms with E-state index in [1.165, 1.54) is 0 Å². The van der Waals surface area contributed by atoms with Crippen molar-refractivity contribution in [2.24, 2.45) is 0 Å². The number of rotatable bonds is 5. The van der Waals surface area contributed by atoms with Crippen LogP contribution in [0.3, 0.4) is 0 Å². The van der Waals surface area contributed by atoms with E-state index in [1.807, 2.05) is 45.0 Å². The molecule has 0 atom stereocenters. The summed E-state index contributed by atoms with van der Waals surface area (Å²) in [6.45, 7) is 6.99. The second kappa shape index (κ2) is 6.28. The number of phenols is 1. The molecule has 4 heteroatoms. The second-order valence-corrected chi connectivity index (χ2v) is 4.72. The van der Waals surface area contributed by atoms with Crippen LogP contribution in [-0.4, -0.2) is 16.7 Å². The molecule has 106 valence electrons. The van der Waals surface area contributed by atoms with Gasteiger partial charge in [0.1, 0.15) is 5.75 Å². The van der Waals surface area contributed by atoms with Crippen molar-refractivity contribution in [3.05, 3.63) is 47.2 Å². The lowest BCUT2D eigenvalue weighted by Crippen LogP contribution is -2.04. The molecule has 0 saturated heterocycles. The molecule has 0 aliphatic heterocycles. The largest absolute Gasteiger partial charge is 0.507 e. The number of phenolic OH excluding ortho intramolecular Hbond substituents is 1. The summed E-state index contributed by atoms with van der Waals surface area (Å²) in [5.41, 5.74) is 3.76. The first-order valence-corrected chi connectivity index (χ1v) is 6.72. The maximum absolute atomic E-state index is 9.78. The minimum absolute atomic E-state index is 0.366. The number of nitrogens with zero attached hydrogens (tertiary/aromatic N) is 1. The third kappa shape index (κ3) is 3.20. The van der Waals surface area contributed by atoms with Gasteiger partial charge in [0.25, 0.3) is 0 Å². The molecule has 1 heterocycles. The van der Waals surface area contributed by atoms with Crippen LogP contribution in [0.1, 0.15) is 23.6 Å². The molecule has 0 amide bonds. The Morgan fingerprint density at radius 3 is 2.60 bits per heavy atom. The fourth-order valence-corrected chi connectivity index (χ4v) is 2.12. The minimum atomic E-state index is 0.366. The fraction of sp³-hybridized carbons (Fsp3) is 0.312. The van der Waals surface area contributed by atoms with Crippen molar-refractivity contribution < 1.29 is 9.84 Å². The minimum Gasteiger partial charge on any atom is -0.507 e. The zero-order valence-corrected chi connectivity index (χ0v) is 12.1. The van der Waals surface area contributed by atoms with Gasteiger partial charge in [-0.3, -0.25) is 0 Å². The van der Waals surface area contributed by atoms with Gasteiger partial charge in [0.15, 0.2) is 0 Å². The van der Waals surface area contributed by atoms with Crippen LogP contribution in [0.2, 0.25) is 0 Å². The lowest BCUT2D eigenvalue weighted by molar-refractivity contribution is 0.328. The van der Waals surface area contributed by atoms with Crippen molar-refractivity contribution in [2.45, 2.75) is 27.3 Å². The van der Waals surface area contributed by atoms with Crippen molar-refractivity contribution in [3.63, 3.8) is 0 Å². The summed E-state index contributed by atoms with van der Waals surface area (Å²) in [6, 6.07) is 7.77.